The molecule has 10 heteroatoms. The highest BCUT2D eigenvalue weighted by molar-refractivity contribution is 6.30. The largest absolute Gasteiger partial charge is 0.496 e. The van der Waals surface area contributed by atoms with Gasteiger partial charge in [0.25, 0.3) is 0 Å². The summed E-state index contributed by atoms with van der Waals surface area (Å²) in [5, 5.41) is 0.554. The van der Waals surface area contributed by atoms with Crippen molar-refractivity contribution in [3.8, 4) is 23.0 Å². The fourth-order valence-electron chi connectivity index (χ4n) is 4.75. The number of fused-ring (bicyclic) bond motifs is 1. The Balaban J connectivity index is 1.22. The third-order valence-corrected chi connectivity index (χ3v) is 7.46. The molecule has 40 heavy (non-hydrogen) atoms. The van der Waals surface area contributed by atoms with Crippen LogP contribution in [0.3, 0.4) is 0 Å². The Hall–Kier alpha value is -4.11. The third kappa shape index (κ3) is 5.34. The first-order chi connectivity index (χ1) is 19.5. The third-order valence-electron chi connectivity index (χ3n) is 7.23. The molecule has 0 N–H and O–H groups in total. The minimum Gasteiger partial charge on any atom is -0.496 e. The lowest BCUT2D eigenvalue weighted by Crippen LogP contribution is -2.16. The summed E-state index contributed by atoms with van der Waals surface area (Å²) in [4.78, 5) is 17.8. The van der Waals surface area contributed by atoms with Gasteiger partial charge in [-0.2, -0.15) is 4.98 Å². The van der Waals surface area contributed by atoms with Crippen LogP contribution >= 0.6 is 11.6 Å². The number of halogens is 3. The maximum atomic E-state index is 15.4. The van der Waals surface area contributed by atoms with Crippen molar-refractivity contribution in [2.75, 3.05) is 13.8 Å². The molecule has 1 fully saturated rings. The highest BCUT2D eigenvalue weighted by Crippen LogP contribution is 2.48. The number of alkyl halides is 1. The Morgan fingerprint density at radius 3 is 2.67 bits per heavy atom. The van der Waals surface area contributed by atoms with Gasteiger partial charge >= 0.3 is 6.01 Å². The fourth-order valence-corrected chi connectivity index (χ4v) is 4.91. The second-order valence-electron chi connectivity index (χ2n) is 10.1. The number of rotatable bonds is 10. The first-order valence-corrected chi connectivity index (χ1v) is 13.3. The zero-order valence-corrected chi connectivity index (χ0v) is 22.5. The van der Waals surface area contributed by atoms with Gasteiger partial charge in [-0.1, -0.05) is 23.7 Å². The first kappa shape index (κ1) is 26.1. The topological polar surface area (TPSA) is 75.0 Å². The van der Waals surface area contributed by atoms with Crippen molar-refractivity contribution in [2.45, 2.75) is 32.4 Å². The van der Waals surface area contributed by atoms with E-state index >= 15 is 4.39 Å². The van der Waals surface area contributed by atoms with Crippen LogP contribution in [0.1, 0.15) is 29.8 Å². The smallest absolute Gasteiger partial charge is 0.317 e. The monoisotopic (exact) mass is 561 g/mol. The minimum absolute atomic E-state index is 0.112. The molecule has 0 bridgehead atoms. The predicted molar refractivity (Wildman–Crippen MR) is 148 cm³/mol. The molecule has 3 heterocycles. The number of methoxy groups -OCH3 is 1. The van der Waals surface area contributed by atoms with Gasteiger partial charge in [-0.25, -0.2) is 19.3 Å². The molecule has 1 saturated carbocycles. The summed E-state index contributed by atoms with van der Waals surface area (Å²) < 4.78 is 42.2. The Kier molecular flexibility index (Phi) is 7.06. The summed E-state index contributed by atoms with van der Waals surface area (Å²) in [5.74, 6) is 0.896. The molecule has 7 nitrogen and oxygen atoms in total. The Morgan fingerprint density at radius 2 is 1.90 bits per heavy atom. The minimum atomic E-state index is -0.426. The summed E-state index contributed by atoms with van der Waals surface area (Å²) in [7, 11) is 1.55. The van der Waals surface area contributed by atoms with Gasteiger partial charge in [0.15, 0.2) is 5.65 Å². The van der Waals surface area contributed by atoms with E-state index in [2.05, 4.69) is 15.0 Å². The number of aromatic nitrogens is 5. The standard InChI is InChI=1S/C30H26ClF2N5O2/c1-39-26-15-21(31)6-5-20(26)16-40-29-35-12-8-24(37-29)22-7-4-19(13-23(22)33)14-27-36-25-3-2-11-34-28(25)38(27)18-30(17-32)9-10-30/h2-8,11-13,15H,9-10,14,16-18H2,1H3. The quantitative estimate of drug-likeness (QED) is 0.191. The van der Waals surface area contributed by atoms with E-state index in [1.165, 1.54) is 12.3 Å². The van der Waals surface area contributed by atoms with E-state index in [0.29, 0.717) is 35.0 Å². The second kappa shape index (κ2) is 10.8. The van der Waals surface area contributed by atoms with E-state index in [1.807, 2.05) is 22.8 Å². The summed E-state index contributed by atoms with van der Waals surface area (Å²) >= 11 is 6.03. The van der Waals surface area contributed by atoms with Crippen molar-refractivity contribution in [3.05, 3.63) is 94.8 Å². The van der Waals surface area contributed by atoms with Gasteiger partial charge in [-0.3, -0.25) is 4.39 Å². The van der Waals surface area contributed by atoms with Gasteiger partial charge < -0.3 is 14.0 Å². The number of hydrogen-bond acceptors (Lipinski definition) is 6. The zero-order valence-electron chi connectivity index (χ0n) is 21.8. The molecular formula is C30H26ClF2N5O2. The molecule has 0 unspecified atom stereocenters. The van der Waals surface area contributed by atoms with Crippen LogP contribution in [0.5, 0.6) is 11.8 Å². The van der Waals surface area contributed by atoms with E-state index in [9.17, 15) is 4.39 Å². The lowest BCUT2D eigenvalue weighted by molar-refractivity contribution is 0.274. The average molecular weight is 562 g/mol. The highest BCUT2D eigenvalue weighted by atomic mass is 35.5. The summed E-state index contributed by atoms with van der Waals surface area (Å²) in [6, 6.07) is 15.7. The SMILES string of the molecule is COc1cc(Cl)ccc1COc1nccc(-c2ccc(Cc3nc4cccnc4n3CC3(CF)CC3)cc2F)n1. The average Bonchev–Trinajstić information content (AvgIpc) is 3.67. The van der Waals surface area contributed by atoms with E-state index in [-0.39, 0.29) is 24.7 Å². The number of benzene rings is 2. The first-order valence-electron chi connectivity index (χ1n) is 12.9. The lowest BCUT2D eigenvalue weighted by atomic mass is 10.1. The molecule has 0 saturated heterocycles. The predicted octanol–water partition coefficient (Wildman–Crippen LogP) is 6.61. The summed E-state index contributed by atoms with van der Waals surface area (Å²) in [6.07, 6.45) is 5.31. The Morgan fingerprint density at radius 1 is 1.02 bits per heavy atom. The van der Waals surface area contributed by atoms with Crippen molar-refractivity contribution in [2.24, 2.45) is 5.41 Å². The zero-order chi connectivity index (χ0) is 27.7. The maximum absolute atomic E-state index is 15.4. The van der Waals surface area contributed by atoms with Crippen molar-refractivity contribution < 1.29 is 18.3 Å². The molecule has 204 valence electrons. The molecule has 1 aliphatic carbocycles. The second-order valence-corrected chi connectivity index (χ2v) is 10.5. The Bertz CT molecular complexity index is 1690. The van der Waals surface area contributed by atoms with Gasteiger partial charge in [0.05, 0.1) is 19.5 Å². The van der Waals surface area contributed by atoms with E-state index in [1.54, 1.807) is 43.6 Å². The van der Waals surface area contributed by atoms with Gasteiger partial charge in [0.1, 0.15) is 29.5 Å². The van der Waals surface area contributed by atoms with Crippen molar-refractivity contribution in [3.63, 3.8) is 0 Å². The van der Waals surface area contributed by atoms with E-state index in [0.717, 1.165) is 41.0 Å². The van der Waals surface area contributed by atoms with Crippen LogP contribution < -0.4 is 9.47 Å². The van der Waals surface area contributed by atoms with Crippen LogP contribution in [0.2, 0.25) is 5.02 Å². The van der Waals surface area contributed by atoms with Crippen molar-refractivity contribution >= 4 is 22.8 Å². The molecule has 2 aromatic carbocycles. The van der Waals surface area contributed by atoms with E-state index < -0.39 is 5.82 Å². The number of pyridine rings is 1. The summed E-state index contributed by atoms with van der Waals surface area (Å²) in [6.45, 7) is 0.295. The van der Waals surface area contributed by atoms with Crippen LogP contribution in [0, 0.1) is 11.2 Å². The van der Waals surface area contributed by atoms with Gasteiger partial charge in [-0.15, -0.1) is 0 Å². The highest BCUT2D eigenvalue weighted by Gasteiger charge is 2.44. The van der Waals surface area contributed by atoms with Crippen LogP contribution in [0.15, 0.2) is 67.0 Å². The molecular weight excluding hydrogens is 536 g/mol. The van der Waals surface area contributed by atoms with E-state index in [4.69, 9.17) is 26.1 Å². The van der Waals surface area contributed by atoms with Gasteiger partial charge in [-0.05, 0) is 60.9 Å². The molecule has 0 aliphatic heterocycles. The molecule has 0 spiro atoms. The van der Waals surface area contributed by atoms with Crippen LogP contribution in [-0.4, -0.2) is 38.3 Å². The molecule has 3 aromatic heterocycles. The van der Waals surface area contributed by atoms with Crippen LogP contribution in [0.4, 0.5) is 8.78 Å². The van der Waals surface area contributed by atoms with Crippen molar-refractivity contribution in [1.82, 2.24) is 24.5 Å². The molecule has 0 radical (unpaired) electrons. The molecule has 1 aliphatic rings. The normalized spacial score (nSPS) is 13.9. The fraction of sp³-hybridized carbons (Fsp3) is 0.267. The van der Waals surface area contributed by atoms with Crippen LogP contribution in [0.25, 0.3) is 22.4 Å². The number of nitrogens with zero attached hydrogens (tertiary/aromatic N) is 5. The number of ether oxygens (including phenoxy) is 2. The van der Waals surface area contributed by atoms with Crippen LogP contribution in [-0.2, 0) is 19.6 Å². The maximum Gasteiger partial charge on any atom is 0.317 e. The van der Waals surface area contributed by atoms with Crippen molar-refractivity contribution in [1.29, 1.82) is 0 Å². The molecule has 0 amide bonds. The van der Waals surface area contributed by atoms with Gasteiger partial charge in [0, 0.05) is 46.9 Å². The molecule has 0 atom stereocenters. The molecule has 5 aromatic rings. The number of imidazole rings is 1. The van der Waals surface area contributed by atoms with Gasteiger partial charge in [0.2, 0.25) is 0 Å². The number of hydrogen-bond donors (Lipinski definition) is 0. The lowest BCUT2D eigenvalue weighted by Gasteiger charge is -2.15. The molecule has 6 rings (SSSR count). The summed E-state index contributed by atoms with van der Waals surface area (Å²) in [5.41, 5.74) is 3.35. The Labute approximate surface area is 234 Å².